The molecule has 19 heavy (non-hydrogen) atoms. The molecule has 0 unspecified atom stereocenters. The lowest BCUT2D eigenvalue weighted by molar-refractivity contribution is -0.121. The molecular weight excluding hydrogens is 242 g/mol. The standard InChI is InChI=1S/C14H27N3O2/c1-11(2)10-16-13(18)4-7-15-14(19)17-8-5-12(3)6-9-17/h11-12H,4-10H2,1-3H3,(H,15,19)(H,16,18). The first-order valence-electron chi connectivity index (χ1n) is 7.28. The van der Waals surface area contributed by atoms with E-state index in [-0.39, 0.29) is 11.9 Å². The van der Waals surface area contributed by atoms with Crippen molar-refractivity contribution >= 4 is 11.9 Å². The van der Waals surface area contributed by atoms with Gasteiger partial charge in [0.25, 0.3) is 0 Å². The number of hydrogen-bond acceptors (Lipinski definition) is 2. The van der Waals surface area contributed by atoms with E-state index in [1.165, 1.54) is 0 Å². The van der Waals surface area contributed by atoms with Crippen LogP contribution in [0.4, 0.5) is 4.79 Å². The second kappa shape index (κ2) is 8.02. The zero-order chi connectivity index (χ0) is 14.3. The van der Waals surface area contributed by atoms with E-state index >= 15 is 0 Å². The molecule has 1 fully saturated rings. The molecule has 0 spiro atoms. The summed E-state index contributed by atoms with van der Waals surface area (Å²) in [6.45, 7) is 9.08. The first-order chi connectivity index (χ1) is 8.99. The van der Waals surface area contributed by atoms with Crippen LogP contribution in [0.25, 0.3) is 0 Å². The Labute approximate surface area is 116 Å². The van der Waals surface area contributed by atoms with E-state index in [2.05, 4.69) is 31.4 Å². The highest BCUT2D eigenvalue weighted by Crippen LogP contribution is 2.15. The predicted octanol–water partition coefficient (Wildman–Crippen LogP) is 1.59. The smallest absolute Gasteiger partial charge is 0.317 e. The summed E-state index contributed by atoms with van der Waals surface area (Å²) in [5, 5.41) is 5.65. The van der Waals surface area contributed by atoms with Gasteiger partial charge in [-0.15, -0.1) is 0 Å². The summed E-state index contributed by atoms with van der Waals surface area (Å²) in [5.41, 5.74) is 0. The van der Waals surface area contributed by atoms with Gasteiger partial charge in [-0.1, -0.05) is 20.8 Å². The number of hydrogen-bond donors (Lipinski definition) is 2. The monoisotopic (exact) mass is 269 g/mol. The lowest BCUT2D eigenvalue weighted by Crippen LogP contribution is -2.45. The maximum atomic E-state index is 11.8. The van der Waals surface area contributed by atoms with Crippen molar-refractivity contribution in [2.75, 3.05) is 26.2 Å². The fraction of sp³-hybridized carbons (Fsp3) is 0.857. The van der Waals surface area contributed by atoms with Gasteiger partial charge in [0.15, 0.2) is 0 Å². The van der Waals surface area contributed by atoms with Crippen LogP contribution in [0, 0.1) is 11.8 Å². The van der Waals surface area contributed by atoms with Crippen LogP contribution in [-0.4, -0.2) is 43.0 Å². The molecule has 0 aromatic carbocycles. The summed E-state index contributed by atoms with van der Waals surface area (Å²) in [7, 11) is 0. The Morgan fingerprint density at radius 1 is 1.21 bits per heavy atom. The third-order valence-electron chi connectivity index (χ3n) is 3.41. The van der Waals surface area contributed by atoms with Gasteiger partial charge in [-0.3, -0.25) is 4.79 Å². The molecule has 0 aromatic heterocycles. The van der Waals surface area contributed by atoms with Gasteiger partial charge in [0, 0.05) is 32.6 Å². The molecule has 1 saturated heterocycles. The highest BCUT2D eigenvalue weighted by atomic mass is 16.2. The van der Waals surface area contributed by atoms with Crippen LogP contribution in [-0.2, 0) is 4.79 Å². The molecule has 0 saturated carbocycles. The molecule has 1 aliphatic rings. The molecule has 0 atom stereocenters. The maximum absolute atomic E-state index is 11.8. The molecule has 1 heterocycles. The SMILES string of the molecule is CC(C)CNC(=O)CCNC(=O)N1CCC(C)CC1. The Balaban J connectivity index is 2.11. The van der Waals surface area contributed by atoms with Crippen LogP contribution in [0.3, 0.4) is 0 Å². The number of likely N-dealkylation sites (tertiary alicyclic amines) is 1. The number of nitrogens with zero attached hydrogens (tertiary/aromatic N) is 1. The Morgan fingerprint density at radius 2 is 1.84 bits per heavy atom. The zero-order valence-corrected chi connectivity index (χ0v) is 12.4. The molecular formula is C14H27N3O2. The summed E-state index contributed by atoms with van der Waals surface area (Å²) in [6, 6.07) is -0.0384. The molecule has 1 aliphatic heterocycles. The quantitative estimate of drug-likeness (QED) is 0.796. The number of carbonyl (C=O) groups is 2. The molecule has 0 bridgehead atoms. The summed E-state index contributed by atoms with van der Waals surface area (Å²) >= 11 is 0. The summed E-state index contributed by atoms with van der Waals surface area (Å²) < 4.78 is 0. The Hall–Kier alpha value is -1.26. The van der Waals surface area contributed by atoms with Crippen molar-refractivity contribution in [1.82, 2.24) is 15.5 Å². The zero-order valence-electron chi connectivity index (χ0n) is 12.4. The minimum absolute atomic E-state index is 0.00117. The third-order valence-corrected chi connectivity index (χ3v) is 3.41. The molecule has 5 nitrogen and oxygen atoms in total. The summed E-state index contributed by atoms with van der Waals surface area (Å²) in [5.74, 6) is 1.17. The van der Waals surface area contributed by atoms with E-state index in [0.717, 1.165) is 25.9 Å². The number of amides is 3. The normalized spacial score (nSPS) is 16.5. The van der Waals surface area contributed by atoms with Crippen molar-refractivity contribution in [3.05, 3.63) is 0 Å². The van der Waals surface area contributed by atoms with Gasteiger partial charge in [-0.25, -0.2) is 4.79 Å². The second-order valence-electron chi connectivity index (χ2n) is 5.85. The number of nitrogens with one attached hydrogen (secondary N) is 2. The van der Waals surface area contributed by atoms with Crippen LogP contribution in [0.1, 0.15) is 40.0 Å². The predicted molar refractivity (Wildman–Crippen MR) is 75.8 cm³/mol. The van der Waals surface area contributed by atoms with Gasteiger partial charge in [0.2, 0.25) is 5.91 Å². The average molecular weight is 269 g/mol. The topological polar surface area (TPSA) is 61.4 Å². The van der Waals surface area contributed by atoms with E-state index < -0.39 is 0 Å². The molecule has 1 rings (SSSR count). The van der Waals surface area contributed by atoms with Gasteiger partial charge in [-0.05, 0) is 24.7 Å². The molecule has 2 N–H and O–H groups in total. The Bertz CT molecular complexity index is 297. The van der Waals surface area contributed by atoms with Gasteiger partial charge < -0.3 is 15.5 Å². The fourth-order valence-electron chi connectivity index (χ4n) is 2.01. The molecule has 0 aromatic rings. The van der Waals surface area contributed by atoms with E-state index in [4.69, 9.17) is 0 Å². The van der Waals surface area contributed by atoms with Crippen LogP contribution < -0.4 is 10.6 Å². The van der Waals surface area contributed by atoms with Crippen molar-refractivity contribution in [2.24, 2.45) is 11.8 Å². The van der Waals surface area contributed by atoms with Crippen molar-refractivity contribution in [3.8, 4) is 0 Å². The van der Waals surface area contributed by atoms with E-state index in [9.17, 15) is 9.59 Å². The fourth-order valence-corrected chi connectivity index (χ4v) is 2.01. The number of carbonyl (C=O) groups excluding carboxylic acids is 2. The van der Waals surface area contributed by atoms with Crippen LogP contribution >= 0.6 is 0 Å². The highest BCUT2D eigenvalue weighted by Gasteiger charge is 2.19. The largest absolute Gasteiger partial charge is 0.356 e. The summed E-state index contributed by atoms with van der Waals surface area (Å²) in [6.07, 6.45) is 2.49. The third kappa shape index (κ3) is 6.45. The molecule has 3 amide bonds. The lowest BCUT2D eigenvalue weighted by Gasteiger charge is -2.30. The van der Waals surface area contributed by atoms with E-state index in [1.807, 2.05) is 4.90 Å². The molecule has 110 valence electrons. The highest BCUT2D eigenvalue weighted by molar-refractivity contribution is 5.78. The van der Waals surface area contributed by atoms with E-state index in [1.54, 1.807) is 0 Å². The second-order valence-corrected chi connectivity index (χ2v) is 5.85. The van der Waals surface area contributed by atoms with Gasteiger partial charge in [-0.2, -0.15) is 0 Å². The average Bonchev–Trinajstić information content (AvgIpc) is 2.37. The van der Waals surface area contributed by atoms with Crippen molar-refractivity contribution in [1.29, 1.82) is 0 Å². The molecule has 0 aliphatic carbocycles. The summed E-state index contributed by atoms with van der Waals surface area (Å²) in [4.78, 5) is 25.1. The van der Waals surface area contributed by atoms with Gasteiger partial charge in [0.1, 0.15) is 0 Å². The Morgan fingerprint density at radius 3 is 2.42 bits per heavy atom. The van der Waals surface area contributed by atoms with Gasteiger partial charge in [0.05, 0.1) is 0 Å². The maximum Gasteiger partial charge on any atom is 0.317 e. The van der Waals surface area contributed by atoms with Crippen LogP contribution in [0.5, 0.6) is 0 Å². The number of piperidine rings is 1. The van der Waals surface area contributed by atoms with Crippen LogP contribution in [0.2, 0.25) is 0 Å². The van der Waals surface area contributed by atoms with Crippen molar-refractivity contribution < 1.29 is 9.59 Å². The van der Waals surface area contributed by atoms with Crippen molar-refractivity contribution in [2.45, 2.75) is 40.0 Å². The van der Waals surface area contributed by atoms with Crippen molar-refractivity contribution in [3.63, 3.8) is 0 Å². The first-order valence-corrected chi connectivity index (χ1v) is 7.28. The van der Waals surface area contributed by atoms with Gasteiger partial charge >= 0.3 is 6.03 Å². The molecule has 0 radical (unpaired) electrons. The van der Waals surface area contributed by atoms with E-state index in [0.29, 0.717) is 31.3 Å². The minimum Gasteiger partial charge on any atom is -0.356 e. The first kappa shape index (κ1) is 15.8. The Kier molecular flexibility index (Phi) is 6.67. The lowest BCUT2D eigenvalue weighted by atomic mass is 10.00. The molecule has 5 heteroatoms. The van der Waals surface area contributed by atoms with Crippen LogP contribution in [0.15, 0.2) is 0 Å². The minimum atomic E-state index is -0.0384. The number of urea groups is 1. The number of rotatable bonds is 5.